The molecule has 2 N–H and O–H groups in total. The Balaban J connectivity index is 2.03. The van der Waals surface area contributed by atoms with Crippen LogP contribution in [0.3, 0.4) is 0 Å². The average Bonchev–Trinajstić information content (AvgIpc) is 2.46. The number of rotatable bonds is 3. The summed E-state index contributed by atoms with van der Waals surface area (Å²) in [6, 6.07) is 9.09. The molecule has 2 atom stereocenters. The van der Waals surface area contributed by atoms with Crippen LogP contribution in [0.5, 0.6) is 0 Å². The molecule has 0 radical (unpaired) electrons. The molecule has 4 heteroatoms. The Morgan fingerprint density at radius 1 is 1.37 bits per heavy atom. The van der Waals surface area contributed by atoms with E-state index in [1.54, 1.807) is 0 Å². The van der Waals surface area contributed by atoms with E-state index in [-0.39, 0.29) is 5.91 Å². The van der Waals surface area contributed by atoms with E-state index in [1.807, 2.05) is 47.0 Å². The second-order valence-electron chi connectivity index (χ2n) is 5.33. The fourth-order valence-electron chi connectivity index (χ4n) is 2.28. The number of nitrogens with two attached hydrogens (primary N) is 1. The molecular weight excluding hydrogens is 256 g/mol. The third-order valence-corrected chi connectivity index (χ3v) is 5.11. The Kier molecular flexibility index (Phi) is 4.88. The first-order chi connectivity index (χ1) is 9.09. The van der Waals surface area contributed by atoms with E-state index < -0.39 is 6.04 Å². The van der Waals surface area contributed by atoms with E-state index in [0.29, 0.717) is 11.2 Å². The SMILES string of the molecule is CC(C)C1CN(C(=O)C(N)c2ccccc2)CCS1. The van der Waals surface area contributed by atoms with Crippen LogP contribution in [0.2, 0.25) is 0 Å². The second-order valence-corrected chi connectivity index (χ2v) is 6.67. The van der Waals surface area contributed by atoms with Gasteiger partial charge >= 0.3 is 0 Å². The summed E-state index contributed by atoms with van der Waals surface area (Å²) in [7, 11) is 0. The Hall–Kier alpha value is -1.00. The number of amides is 1. The third kappa shape index (κ3) is 3.51. The smallest absolute Gasteiger partial charge is 0.244 e. The van der Waals surface area contributed by atoms with Crippen LogP contribution >= 0.6 is 11.8 Å². The zero-order valence-corrected chi connectivity index (χ0v) is 12.4. The van der Waals surface area contributed by atoms with Gasteiger partial charge < -0.3 is 10.6 Å². The monoisotopic (exact) mass is 278 g/mol. The quantitative estimate of drug-likeness (QED) is 0.922. The Labute approximate surface area is 119 Å². The molecule has 2 rings (SSSR count). The molecule has 1 aliphatic heterocycles. The molecule has 1 aromatic rings. The maximum atomic E-state index is 12.5. The van der Waals surface area contributed by atoms with Crippen molar-refractivity contribution in [3.63, 3.8) is 0 Å². The van der Waals surface area contributed by atoms with Gasteiger partial charge in [-0.05, 0) is 11.5 Å². The first kappa shape index (κ1) is 14.4. The molecule has 0 spiro atoms. The highest BCUT2D eigenvalue weighted by molar-refractivity contribution is 8.00. The van der Waals surface area contributed by atoms with Crippen LogP contribution in [0.1, 0.15) is 25.5 Å². The molecule has 104 valence electrons. The summed E-state index contributed by atoms with van der Waals surface area (Å²) in [6.45, 7) is 6.06. The van der Waals surface area contributed by atoms with E-state index in [4.69, 9.17) is 5.73 Å². The number of thioether (sulfide) groups is 1. The fraction of sp³-hybridized carbons (Fsp3) is 0.533. The number of carbonyl (C=O) groups excluding carboxylic acids is 1. The molecule has 1 aliphatic rings. The molecule has 1 amide bonds. The van der Waals surface area contributed by atoms with E-state index in [2.05, 4.69) is 13.8 Å². The maximum Gasteiger partial charge on any atom is 0.244 e. The summed E-state index contributed by atoms with van der Waals surface area (Å²) >= 11 is 1.97. The van der Waals surface area contributed by atoms with Gasteiger partial charge in [0.1, 0.15) is 6.04 Å². The van der Waals surface area contributed by atoms with Gasteiger partial charge in [0, 0.05) is 24.1 Å². The lowest BCUT2D eigenvalue weighted by atomic mass is 10.1. The van der Waals surface area contributed by atoms with Crippen molar-refractivity contribution in [3.8, 4) is 0 Å². The van der Waals surface area contributed by atoms with E-state index in [9.17, 15) is 4.79 Å². The van der Waals surface area contributed by atoms with E-state index in [1.165, 1.54) is 0 Å². The highest BCUT2D eigenvalue weighted by Crippen LogP contribution is 2.26. The van der Waals surface area contributed by atoms with Crippen molar-refractivity contribution in [2.75, 3.05) is 18.8 Å². The van der Waals surface area contributed by atoms with Crippen LogP contribution in [-0.4, -0.2) is 34.9 Å². The van der Waals surface area contributed by atoms with E-state index >= 15 is 0 Å². The summed E-state index contributed by atoms with van der Waals surface area (Å²) in [4.78, 5) is 14.4. The van der Waals surface area contributed by atoms with Crippen molar-refractivity contribution in [2.45, 2.75) is 25.1 Å². The second kappa shape index (κ2) is 6.44. The van der Waals surface area contributed by atoms with Crippen LogP contribution < -0.4 is 5.73 Å². The van der Waals surface area contributed by atoms with Crippen molar-refractivity contribution in [3.05, 3.63) is 35.9 Å². The van der Waals surface area contributed by atoms with Gasteiger partial charge in [0.15, 0.2) is 0 Å². The van der Waals surface area contributed by atoms with Gasteiger partial charge in [-0.1, -0.05) is 44.2 Å². The number of benzene rings is 1. The van der Waals surface area contributed by atoms with Crippen molar-refractivity contribution < 1.29 is 4.79 Å². The lowest BCUT2D eigenvalue weighted by Gasteiger charge is -2.35. The predicted octanol–water partition coefficient (Wildman–Crippen LogP) is 2.29. The van der Waals surface area contributed by atoms with Gasteiger partial charge in [-0.3, -0.25) is 4.79 Å². The number of hydrogen-bond donors (Lipinski definition) is 1. The summed E-state index contributed by atoms with van der Waals surface area (Å²) in [5, 5.41) is 0.528. The molecule has 2 unspecified atom stereocenters. The molecule has 3 nitrogen and oxygen atoms in total. The third-order valence-electron chi connectivity index (χ3n) is 3.57. The number of nitrogens with zero attached hydrogens (tertiary/aromatic N) is 1. The lowest BCUT2D eigenvalue weighted by Crippen LogP contribution is -2.47. The standard InChI is InChI=1S/C15H22N2OS/c1-11(2)13-10-17(8-9-19-13)15(18)14(16)12-6-4-3-5-7-12/h3-7,11,13-14H,8-10,16H2,1-2H3. The molecule has 1 heterocycles. The van der Waals surface area contributed by atoms with Crippen molar-refractivity contribution >= 4 is 17.7 Å². The van der Waals surface area contributed by atoms with Crippen LogP contribution in [0, 0.1) is 5.92 Å². The average molecular weight is 278 g/mol. The Morgan fingerprint density at radius 2 is 2.05 bits per heavy atom. The largest absolute Gasteiger partial charge is 0.339 e. The predicted molar refractivity (Wildman–Crippen MR) is 81.0 cm³/mol. The minimum Gasteiger partial charge on any atom is -0.339 e. The van der Waals surface area contributed by atoms with E-state index in [0.717, 1.165) is 24.4 Å². The Morgan fingerprint density at radius 3 is 2.68 bits per heavy atom. The zero-order chi connectivity index (χ0) is 13.8. The summed E-state index contributed by atoms with van der Waals surface area (Å²) in [5.74, 6) is 1.65. The molecule has 1 aromatic carbocycles. The summed E-state index contributed by atoms with van der Waals surface area (Å²) in [5.41, 5.74) is 6.99. The van der Waals surface area contributed by atoms with Crippen molar-refractivity contribution in [2.24, 2.45) is 11.7 Å². The highest BCUT2D eigenvalue weighted by atomic mass is 32.2. The number of hydrogen-bond acceptors (Lipinski definition) is 3. The molecule has 0 aromatic heterocycles. The maximum absolute atomic E-state index is 12.5. The topological polar surface area (TPSA) is 46.3 Å². The van der Waals surface area contributed by atoms with Crippen LogP contribution in [0.15, 0.2) is 30.3 Å². The fourth-order valence-corrected chi connectivity index (χ4v) is 3.58. The lowest BCUT2D eigenvalue weighted by molar-refractivity contribution is -0.132. The summed E-state index contributed by atoms with van der Waals surface area (Å²) in [6.07, 6.45) is 0. The van der Waals surface area contributed by atoms with Gasteiger partial charge in [-0.2, -0.15) is 11.8 Å². The van der Waals surface area contributed by atoms with Crippen molar-refractivity contribution in [1.82, 2.24) is 4.90 Å². The van der Waals surface area contributed by atoms with Gasteiger partial charge in [-0.25, -0.2) is 0 Å². The molecule has 1 saturated heterocycles. The molecule has 0 aliphatic carbocycles. The van der Waals surface area contributed by atoms with Crippen LogP contribution in [-0.2, 0) is 4.79 Å². The highest BCUT2D eigenvalue weighted by Gasteiger charge is 2.29. The minimum absolute atomic E-state index is 0.0529. The first-order valence-electron chi connectivity index (χ1n) is 6.80. The first-order valence-corrected chi connectivity index (χ1v) is 7.85. The van der Waals surface area contributed by atoms with Gasteiger partial charge in [0.2, 0.25) is 5.91 Å². The zero-order valence-electron chi connectivity index (χ0n) is 11.6. The van der Waals surface area contributed by atoms with Gasteiger partial charge in [0.25, 0.3) is 0 Å². The van der Waals surface area contributed by atoms with Crippen LogP contribution in [0.4, 0.5) is 0 Å². The van der Waals surface area contributed by atoms with Crippen molar-refractivity contribution in [1.29, 1.82) is 0 Å². The molecule has 19 heavy (non-hydrogen) atoms. The molecule has 0 bridgehead atoms. The van der Waals surface area contributed by atoms with Gasteiger partial charge in [-0.15, -0.1) is 0 Å². The Bertz CT molecular complexity index is 421. The molecular formula is C15H22N2OS. The normalized spacial score (nSPS) is 21.5. The number of carbonyl (C=O) groups is 1. The van der Waals surface area contributed by atoms with Gasteiger partial charge in [0.05, 0.1) is 0 Å². The molecule has 0 saturated carbocycles. The minimum atomic E-state index is -0.530. The van der Waals surface area contributed by atoms with Crippen LogP contribution in [0.25, 0.3) is 0 Å². The molecule has 1 fully saturated rings. The summed E-state index contributed by atoms with van der Waals surface area (Å²) < 4.78 is 0.